The van der Waals surface area contributed by atoms with Gasteiger partial charge in [-0.1, -0.05) is 23.7 Å². The van der Waals surface area contributed by atoms with Crippen molar-refractivity contribution in [2.75, 3.05) is 20.2 Å². The van der Waals surface area contributed by atoms with Crippen LogP contribution < -0.4 is 15.8 Å². The first-order valence-electron chi connectivity index (χ1n) is 10.1. The van der Waals surface area contributed by atoms with Crippen LogP contribution in [0.1, 0.15) is 23.7 Å². The van der Waals surface area contributed by atoms with E-state index in [-0.39, 0.29) is 40.9 Å². The van der Waals surface area contributed by atoms with E-state index in [1.165, 1.54) is 32.3 Å². The molecule has 0 saturated carbocycles. The zero-order chi connectivity index (χ0) is 26.0. The van der Waals surface area contributed by atoms with Crippen molar-refractivity contribution in [2.24, 2.45) is 10.7 Å². The van der Waals surface area contributed by atoms with E-state index in [9.17, 15) is 22.4 Å². The molecule has 0 saturated heterocycles. The fourth-order valence-electron chi connectivity index (χ4n) is 2.83. The lowest BCUT2D eigenvalue weighted by atomic mass is 9.97. The molecule has 0 aliphatic rings. The number of amides is 1. The van der Waals surface area contributed by atoms with Gasteiger partial charge in [0, 0.05) is 7.05 Å². The molecule has 3 N–H and O–H groups in total. The van der Waals surface area contributed by atoms with Gasteiger partial charge in [0.2, 0.25) is 11.8 Å². The largest absolute Gasteiger partial charge is 0.463 e. The van der Waals surface area contributed by atoms with Crippen molar-refractivity contribution >= 4 is 34.7 Å². The van der Waals surface area contributed by atoms with Crippen LogP contribution in [0.15, 0.2) is 35.6 Å². The number of benzene rings is 1. The normalized spacial score (nSPS) is 13.8. The summed E-state index contributed by atoms with van der Waals surface area (Å²) < 4.78 is 58.1. The minimum Gasteiger partial charge on any atom is -0.463 e. The standard InChI is InChI=1S/C23H23F4N5O2S/c1-4-7-34-20-13-30-18(11-31-20)17(25)9-14-5-6-16(24)15(8-14)10-23(2,35-22(28)29-3)21(33)32-12-19(26)27/h1,5-6,8-9,11,13,19H,7,10,12H2,2-3H3,(H2,28,29)(H,32,33)/b17-9-/t23-/m1/s1. The molecule has 1 aromatic carbocycles. The van der Waals surface area contributed by atoms with Crippen LogP contribution in [0, 0.1) is 18.2 Å². The number of aliphatic imine (C=N–C) groups is 1. The first-order chi connectivity index (χ1) is 16.6. The van der Waals surface area contributed by atoms with E-state index in [4.69, 9.17) is 16.9 Å². The van der Waals surface area contributed by atoms with Crippen LogP contribution in [0.3, 0.4) is 0 Å². The molecule has 2 rings (SSSR count). The van der Waals surface area contributed by atoms with Crippen LogP contribution in [-0.2, 0) is 11.2 Å². The summed E-state index contributed by atoms with van der Waals surface area (Å²) in [7, 11) is 1.39. The van der Waals surface area contributed by atoms with Crippen molar-refractivity contribution in [3.63, 3.8) is 0 Å². The molecule has 0 fully saturated rings. The van der Waals surface area contributed by atoms with Crippen LogP contribution in [0.5, 0.6) is 5.88 Å². The van der Waals surface area contributed by atoms with Crippen molar-refractivity contribution in [1.82, 2.24) is 15.3 Å². The number of rotatable bonds is 10. The first kappa shape index (κ1) is 27.7. The highest BCUT2D eigenvalue weighted by Crippen LogP contribution is 2.31. The number of amidine groups is 1. The van der Waals surface area contributed by atoms with Gasteiger partial charge in [0.15, 0.2) is 17.6 Å². The first-order valence-corrected chi connectivity index (χ1v) is 10.9. The number of nitrogens with two attached hydrogens (primary N) is 1. The second-order valence-electron chi connectivity index (χ2n) is 7.25. The Kier molecular flexibility index (Phi) is 10.1. The lowest BCUT2D eigenvalue weighted by Gasteiger charge is -2.27. The number of nitrogens with zero attached hydrogens (tertiary/aromatic N) is 3. The maximum Gasteiger partial charge on any atom is 0.255 e. The van der Waals surface area contributed by atoms with Gasteiger partial charge in [-0.05, 0) is 42.7 Å². The number of ether oxygens (including phenoxy) is 1. The van der Waals surface area contributed by atoms with Gasteiger partial charge in [0.05, 0.1) is 18.9 Å². The van der Waals surface area contributed by atoms with Crippen molar-refractivity contribution in [3.05, 3.63) is 53.2 Å². The molecule has 0 aliphatic heterocycles. The molecule has 1 aromatic heterocycles. The van der Waals surface area contributed by atoms with Gasteiger partial charge in [-0.25, -0.2) is 27.5 Å². The molecule has 186 valence electrons. The Balaban J connectivity index is 2.31. The van der Waals surface area contributed by atoms with E-state index < -0.39 is 35.3 Å². The van der Waals surface area contributed by atoms with Crippen molar-refractivity contribution < 1.29 is 27.1 Å². The highest BCUT2D eigenvalue weighted by atomic mass is 32.2. The third kappa shape index (κ3) is 8.29. The van der Waals surface area contributed by atoms with Gasteiger partial charge >= 0.3 is 0 Å². The molecule has 1 heterocycles. The Morgan fingerprint density at radius 3 is 2.74 bits per heavy atom. The number of thioether (sulfide) groups is 1. The molecule has 35 heavy (non-hydrogen) atoms. The topological polar surface area (TPSA) is 102 Å². The molecular formula is C23H23F4N5O2S. The molecular weight excluding hydrogens is 486 g/mol. The van der Waals surface area contributed by atoms with Crippen LogP contribution >= 0.6 is 11.8 Å². The van der Waals surface area contributed by atoms with Crippen molar-refractivity contribution in [3.8, 4) is 18.2 Å². The maximum atomic E-state index is 14.7. The molecule has 7 nitrogen and oxygen atoms in total. The monoisotopic (exact) mass is 509 g/mol. The molecule has 0 spiro atoms. The molecule has 0 aliphatic carbocycles. The van der Waals surface area contributed by atoms with E-state index in [1.807, 2.05) is 0 Å². The molecule has 0 radical (unpaired) electrons. The van der Waals surface area contributed by atoms with Gasteiger partial charge in [0.25, 0.3) is 6.43 Å². The summed E-state index contributed by atoms with van der Waals surface area (Å²) in [6.07, 6.45) is 5.55. The zero-order valence-electron chi connectivity index (χ0n) is 18.9. The molecule has 2 aromatic rings. The number of terminal acetylenes is 1. The van der Waals surface area contributed by atoms with Crippen LogP contribution in [0.25, 0.3) is 11.9 Å². The third-order valence-corrected chi connectivity index (χ3v) is 5.69. The number of aromatic nitrogens is 2. The fourth-order valence-corrected chi connectivity index (χ4v) is 3.77. The van der Waals surface area contributed by atoms with Crippen LogP contribution in [0.4, 0.5) is 17.6 Å². The molecule has 0 unspecified atom stereocenters. The highest BCUT2D eigenvalue weighted by Gasteiger charge is 2.36. The summed E-state index contributed by atoms with van der Waals surface area (Å²) in [5.41, 5.74) is 5.96. The Bertz CT molecular complexity index is 1140. The maximum absolute atomic E-state index is 14.7. The summed E-state index contributed by atoms with van der Waals surface area (Å²) in [4.78, 5) is 24.3. The van der Waals surface area contributed by atoms with E-state index in [0.717, 1.165) is 30.1 Å². The zero-order valence-corrected chi connectivity index (χ0v) is 19.7. The highest BCUT2D eigenvalue weighted by molar-refractivity contribution is 8.15. The predicted molar refractivity (Wildman–Crippen MR) is 128 cm³/mol. The molecule has 1 amide bonds. The summed E-state index contributed by atoms with van der Waals surface area (Å²) in [5.74, 6) is 0.190. The SMILES string of the molecule is C#CCOc1cnc(/C(F)=C/c2ccc(F)c(C[C@@](C)(SC(N)=NC)C(=O)NCC(F)F)c2)cn1. The summed E-state index contributed by atoms with van der Waals surface area (Å²) in [6, 6.07) is 3.78. The minimum absolute atomic E-state index is 0.00967. The lowest BCUT2D eigenvalue weighted by Crippen LogP contribution is -2.46. The summed E-state index contributed by atoms with van der Waals surface area (Å²) in [6.45, 7) is 0.540. The minimum atomic E-state index is -2.76. The average Bonchev–Trinajstić information content (AvgIpc) is 2.83. The van der Waals surface area contributed by atoms with Gasteiger partial charge in [0.1, 0.15) is 16.3 Å². The number of hydrogen-bond donors (Lipinski definition) is 2. The quantitative estimate of drug-likeness (QED) is 0.220. The smallest absolute Gasteiger partial charge is 0.255 e. The summed E-state index contributed by atoms with van der Waals surface area (Å²) in [5, 5.41) is 2.14. The number of alkyl halides is 2. The number of nitrogens with one attached hydrogen (secondary N) is 1. The number of carbonyl (C=O) groups excluding carboxylic acids is 1. The van der Waals surface area contributed by atoms with E-state index >= 15 is 0 Å². The third-order valence-electron chi connectivity index (χ3n) is 4.51. The van der Waals surface area contributed by atoms with Gasteiger partial charge in [-0.15, -0.1) is 6.42 Å². The Morgan fingerprint density at radius 1 is 1.40 bits per heavy atom. The summed E-state index contributed by atoms with van der Waals surface area (Å²) >= 11 is 0.806. The Labute approximate surface area is 204 Å². The fraction of sp³-hybridized carbons (Fsp3) is 0.304. The second-order valence-corrected chi connectivity index (χ2v) is 8.77. The number of hydrogen-bond acceptors (Lipinski definition) is 6. The van der Waals surface area contributed by atoms with Gasteiger partial charge < -0.3 is 15.8 Å². The van der Waals surface area contributed by atoms with Crippen molar-refractivity contribution in [1.29, 1.82) is 0 Å². The Hall–Kier alpha value is -3.59. The van der Waals surface area contributed by atoms with E-state index in [2.05, 4.69) is 26.2 Å². The van der Waals surface area contributed by atoms with E-state index in [1.54, 1.807) is 0 Å². The predicted octanol–water partition coefficient (Wildman–Crippen LogP) is 3.46. The van der Waals surface area contributed by atoms with Gasteiger partial charge in [-0.3, -0.25) is 9.79 Å². The number of halogens is 4. The molecule has 12 heteroatoms. The Morgan fingerprint density at radius 2 is 2.14 bits per heavy atom. The van der Waals surface area contributed by atoms with E-state index in [0.29, 0.717) is 0 Å². The van der Waals surface area contributed by atoms with Crippen molar-refractivity contribution in [2.45, 2.75) is 24.5 Å². The van der Waals surface area contributed by atoms with Gasteiger partial charge in [-0.2, -0.15) is 0 Å². The second kappa shape index (κ2) is 12.8. The van der Waals surface area contributed by atoms with Crippen LogP contribution in [-0.4, -0.2) is 52.4 Å². The number of carbonyl (C=O) groups is 1. The lowest BCUT2D eigenvalue weighted by molar-refractivity contribution is -0.123. The molecule has 1 atom stereocenters. The average molecular weight is 510 g/mol. The molecule has 0 bridgehead atoms. The van der Waals surface area contributed by atoms with Crippen LogP contribution in [0.2, 0.25) is 0 Å².